The number of aryl methyl sites for hydroxylation is 1. The van der Waals surface area contributed by atoms with Crippen LogP contribution in [0.25, 0.3) is 11.1 Å². The molecule has 6 heteroatoms. The summed E-state index contributed by atoms with van der Waals surface area (Å²) >= 11 is 0. The van der Waals surface area contributed by atoms with Gasteiger partial charge in [-0.1, -0.05) is 23.8 Å². The van der Waals surface area contributed by atoms with Crippen LogP contribution in [-0.4, -0.2) is 40.0 Å². The van der Waals surface area contributed by atoms with Crippen molar-refractivity contribution in [2.75, 3.05) is 13.2 Å². The second kappa shape index (κ2) is 9.07. The number of rotatable bonds is 9. The number of pyridine rings is 1. The lowest BCUT2D eigenvalue weighted by Crippen LogP contribution is -2.31. The zero-order valence-electron chi connectivity index (χ0n) is 17.3. The Morgan fingerprint density at radius 1 is 1.21 bits per heavy atom. The van der Waals surface area contributed by atoms with Gasteiger partial charge in [-0.2, -0.15) is 0 Å². The van der Waals surface area contributed by atoms with Crippen molar-refractivity contribution in [1.82, 2.24) is 9.88 Å². The van der Waals surface area contributed by atoms with Gasteiger partial charge in [0.2, 0.25) is 11.8 Å². The number of nitrogens with zero attached hydrogens (tertiary/aromatic N) is 2. The first kappa shape index (κ1) is 20.8. The summed E-state index contributed by atoms with van der Waals surface area (Å²) in [6, 6.07) is 7.93. The van der Waals surface area contributed by atoms with Crippen LogP contribution in [0.5, 0.6) is 5.88 Å². The quantitative estimate of drug-likeness (QED) is 0.697. The standard InChI is InChI=1S/C23H28N2O4/c1-4-25(23(28)17-7-8-17)14-18-10-15(3)6-9-19(18)20-11-16(12-21(26)27)13-24-22(20)29-5-2/h6,9-11,13,17H,4-5,7-8,12,14H2,1-3H3,(H,26,27). The van der Waals surface area contributed by atoms with E-state index in [0.29, 0.717) is 31.1 Å². The van der Waals surface area contributed by atoms with Crippen LogP contribution in [0.4, 0.5) is 0 Å². The third kappa shape index (κ3) is 5.13. The number of hydrogen-bond donors (Lipinski definition) is 1. The highest BCUT2D eigenvalue weighted by molar-refractivity contribution is 5.81. The number of ether oxygens (including phenoxy) is 1. The first-order valence-electron chi connectivity index (χ1n) is 10.1. The molecule has 6 nitrogen and oxygen atoms in total. The van der Waals surface area contributed by atoms with E-state index in [1.807, 2.05) is 43.9 Å². The fourth-order valence-electron chi connectivity index (χ4n) is 3.47. The molecule has 0 spiro atoms. The monoisotopic (exact) mass is 396 g/mol. The van der Waals surface area contributed by atoms with Crippen molar-refractivity contribution in [3.05, 3.63) is 47.2 Å². The summed E-state index contributed by atoms with van der Waals surface area (Å²) in [5.74, 6) is -0.0490. The molecule has 1 heterocycles. The van der Waals surface area contributed by atoms with E-state index in [9.17, 15) is 9.59 Å². The van der Waals surface area contributed by atoms with E-state index in [0.717, 1.165) is 35.1 Å². The highest BCUT2D eigenvalue weighted by atomic mass is 16.5. The molecule has 1 aromatic carbocycles. The average Bonchev–Trinajstić information content (AvgIpc) is 3.52. The van der Waals surface area contributed by atoms with E-state index in [1.54, 1.807) is 6.20 Å². The van der Waals surface area contributed by atoms with Gasteiger partial charge in [-0.15, -0.1) is 0 Å². The SMILES string of the molecule is CCOc1ncc(CC(=O)O)cc1-c1ccc(C)cc1CN(CC)C(=O)C1CC1. The Balaban J connectivity index is 2.03. The van der Waals surface area contributed by atoms with Gasteiger partial charge in [0.15, 0.2) is 0 Å². The summed E-state index contributed by atoms with van der Waals surface area (Å²) in [6.45, 7) is 7.53. The van der Waals surface area contributed by atoms with E-state index in [4.69, 9.17) is 9.84 Å². The molecule has 29 heavy (non-hydrogen) atoms. The highest BCUT2D eigenvalue weighted by Crippen LogP contribution is 2.35. The van der Waals surface area contributed by atoms with Crippen molar-refractivity contribution in [1.29, 1.82) is 0 Å². The number of aliphatic carboxylic acids is 1. The van der Waals surface area contributed by atoms with Gasteiger partial charge in [0, 0.05) is 30.8 Å². The minimum absolute atomic E-state index is 0.102. The number of aromatic nitrogens is 1. The van der Waals surface area contributed by atoms with Gasteiger partial charge in [-0.25, -0.2) is 4.98 Å². The van der Waals surface area contributed by atoms with Gasteiger partial charge >= 0.3 is 5.97 Å². The molecule has 1 N–H and O–H groups in total. The molecule has 1 saturated carbocycles. The van der Waals surface area contributed by atoms with E-state index >= 15 is 0 Å². The van der Waals surface area contributed by atoms with E-state index < -0.39 is 5.97 Å². The lowest BCUT2D eigenvalue weighted by molar-refractivity contribution is -0.136. The molecule has 0 unspecified atom stereocenters. The zero-order chi connectivity index (χ0) is 21.0. The number of amides is 1. The Kier molecular flexibility index (Phi) is 6.52. The van der Waals surface area contributed by atoms with Crippen molar-refractivity contribution in [2.24, 2.45) is 5.92 Å². The second-order valence-corrected chi connectivity index (χ2v) is 7.49. The maximum absolute atomic E-state index is 12.6. The van der Waals surface area contributed by atoms with Crippen molar-refractivity contribution >= 4 is 11.9 Å². The normalized spacial score (nSPS) is 13.2. The highest BCUT2D eigenvalue weighted by Gasteiger charge is 2.33. The molecule has 1 amide bonds. The number of carboxylic acid groups (broad SMARTS) is 1. The van der Waals surface area contributed by atoms with Crippen LogP contribution in [-0.2, 0) is 22.6 Å². The van der Waals surface area contributed by atoms with Gasteiger partial charge in [-0.05, 0) is 56.4 Å². The van der Waals surface area contributed by atoms with E-state index in [2.05, 4.69) is 11.1 Å². The Morgan fingerprint density at radius 3 is 2.59 bits per heavy atom. The average molecular weight is 396 g/mol. The largest absolute Gasteiger partial charge is 0.481 e. The summed E-state index contributed by atoms with van der Waals surface area (Å²) in [5.41, 5.74) is 4.41. The minimum Gasteiger partial charge on any atom is -0.481 e. The maximum Gasteiger partial charge on any atom is 0.307 e. The van der Waals surface area contributed by atoms with Crippen LogP contribution >= 0.6 is 0 Å². The van der Waals surface area contributed by atoms with Crippen molar-refractivity contribution < 1.29 is 19.4 Å². The Morgan fingerprint density at radius 2 is 1.97 bits per heavy atom. The van der Waals surface area contributed by atoms with Crippen LogP contribution in [0, 0.1) is 12.8 Å². The van der Waals surface area contributed by atoms with Crippen molar-refractivity contribution in [3.8, 4) is 17.0 Å². The molecule has 0 bridgehead atoms. The van der Waals surface area contributed by atoms with Gasteiger partial charge in [0.25, 0.3) is 0 Å². The first-order chi connectivity index (χ1) is 13.9. The smallest absolute Gasteiger partial charge is 0.307 e. The lowest BCUT2D eigenvalue weighted by Gasteiger charge is -2.23. The van der Waals surface area contributed by atoms with Crippen molar-refractivity contribution in [2.45, 2.75) is 46.6 Å². The minimum atomic E-state index is -0.904. The molecular formula is C23H28N2O4. The number of benzene rings is 1. The molecule has 0 aliphatic heterocycles. The molecule has 1 fully saturated rings. The lowest BCUT2D eigenvalue weighted by atomic mass is 9.96. The van der Waals surface area contributed by atoms with Crippen molar-refractivity contribution in [3.63, 3.8) is 0 Å². The fourth-order valence-corrected chi connectivity index (χ4v) is 3.47. The third-order valence-electron chi connectivity index (χ3n) is 5.08. The Bertz CT molecular complexity index is 906. The van der Waals surface area contributed by atoms with E-state index in [1.165, 1.54) is 0 Å². The first-order valence-corrected chi connectivity index (χ1v) is 10.1. The Labute approximate surface area is 171 Å². The van der Waals surface area contributed by atoms with Crippen LogP contribution < -0.4 is 4.74 Å². The number of carboxylic acids is 1. The Hall–Kier alpha value is -2.89. The van der Waals surface area contributed by atoms with Gasteiger partial charge in [0.05, 0.1) is 13.0 Å². The molecule has 3 rings (SSSR count). The molecule has 2 aromatic rings. The van der Waals surface area contributed by atoms with Crippen LogP contribution in [0.3, 0.4) is 0 Å². The molecule has 0 atom stereocenters. The third-order valence-corrected chi connectivity index (χ3v) is 5.08. The molecule has 0 radical (unpaired) electrons. The van der Waals surface area contributed by atoms with Crippen LogP contribution in [0.1, 0.15) is 43.4 Å². The molecule has 154 valence electrons. The second-order valence-electron chi connectivity index (χ2n) is 7.49. The predicted molar refractivity (Wildman–Crippen MR) is 111 cm³/mol. The predicted octanol–water partition coefficient (Wildman–Crippen LogP) is 3.84. The number of hydrogen-bond acceptors (Lipinski definition) is 4. The maximum atomic E-state index is 12.6. The topological polar surface area (TPSA) is 79.7 Å². The summed E-state index contributed by atoms with van der Waals surface area (Å²) in [4.78, 5) is 30.1. The summed E-state index contributed by atoms with van der Waals surface area (Å²) in [6.07, 6.45) is 3.40. The van der Waals surface area contributed by atoms with E-state index in [-0.39, 0.29) is 18.2 Å². The number of carbonyl (C=O) groups is 2. The van der Waals surface area contributed by atoms with Gasteiger partial charge < -0.3 is 14.7 Å². The fraction of sp³-hybridized carbons (Fsp3) is 0.435. The molecule has 1 aliphatic rings. The molecule has 1 aliphatic carbocycles. The summed E-state index contributed by atoms with van der Waals surface area (Å²) < 4.78 is 5.72. The van der Waals surface area contributed by atoms with Crippen LogP contribution in [0.2, 0.25) is 0 Å². The summed E-state index contributed by atoms with van der Waals surface area (Å²) in [7, 11) is 0. The molecule has 1 aromatic heterocycles. The zero-order valence-corrected chi connectivity index (χ0v) is 17.3. The summed E-state index contributed by atoms with van der Waals surface area (Å²) in [5, 5.41) is 9.16. The molecule has 0 saturated heterocycles. The van der Waals surface area contributed by atoms with Crippen LogP contribution in [0.15, 0.2) is 30.5 Å². The van der Waals surface area contributed by atoms with Gasteiger partial charge in [0.1, 0.15) is 0 Å². The van der Waals surface area contributed by atoms with Gasteiger partial charge in [-0.3, -0.25) is 9.59 Å². The molecular weight excluding hydrogens is 368 g/mol. The number of carbonyl (C=O) groups excluding carboxylic acids is 1.